The van der Waals surface area contributed by atoms with Crippen LogP contribution in [0.15, 0.2) is 91.0 Å². The fourth-order valence-corrected chi connectivity index (χ4v) is 4.06. The number of rotatable bonds is 14. The van der Waals surface area contributed by atoms with Gasteiger partial charge in [-0.3, -0.25) is 4.90 Å². The van der Waals surface area contributed by atoms with Gasteiger partial charge in [-0.25, -0.2) is 0 Å². The Hall–Kier alpha value is -2.46. The van der Waals surface area contributed by atoms with Gasteiger partial charge in [0.25, 0.3) is 0 Å². The Kier molecular flexibility index (Phi) is 10.3. The first-order valence-electron chi connectivity index (χ1n) is 11.6. The molecular formula is C28H37N3. The number of hydrogen-bond acceptors (Lipinski definition) is 3. The average molecular weight is 416 g/mol. The van der Waals surface area contributed by atoms with Gasteiger partial charge in [-0.2, -0.15) is 0 Å². The van der Waals surface area contributed by atoms with E-state index in [1.165, 1.54) is 29.5 Å². The summed E-state index contributed by atoms with van der Waals surface area (Å²) in [5, 5.41) is 3.55. The van der Waals surface area contributed by atoms with Crippen LogP contribution in [-0.4, -0.2) is 30.6 Å². The van der Waals surface area contributed by atoms with Crippen LogP contribution >= 0.6 is 0 Å². The smallest absolute Gasteiger partial charge is 0.0240 e. The van der Waals surface area contributed by atoms with E-state index in [1.54, 1.807) is 0 Å². The average Bonchev–Trinajstić information content (AvgIpc) is 2.82. The normalized spacial score (nSPS) is 12.2. The van der Waals surface area contributed by atoms with Crippen LogP contribution in [0.1, 0.15) is 36.0 Å². The first kappa shape index (κ1) is 23.2. The maximum Gasteiger partial charge on any atom is 0.0240 e. The van der Waals surface area contributed by atoms with Gasteiger partial charge in [0, 0.05) is 19.1 Å². The zero-order valence-corrected chi connectivity index (χ0v) is 18.6. The zero-order valence-electron chi connectivity index (χ0n) is 18.6. The number of nitrogens with two attached hydrogens (primary N) is 1. The Morgan fingerprint density at radius 1 is 0.645 bits per heavy atom. The monoisotopic (exact) mass is 415 g/mol. The Morgan fingerprint density at radius 3 is 1.65 bits per heavy atom. The SMILES string of the molecule is NCCCNCCCC(Cc1ccccc1)N(Cc1ccccc1)Cc1ccccc1. The molecule has 0 fully saturated rings. The van der Waals surface area contributed by atoms with E-state index in [4.69, 9.17) is 5.73 Å². The number of hydrogen-bond donors (Lipinski definition) is 2. The molecule has 31 heavy (non-hydrogen) atoms. The van der Waals surface area contributed by atoms with E-state index in [2.05, 4.69) is 101 Å². The summed E-state index contributed by atoms with van der Waals surface area (Å²) in [6.45, 7) is 4.75. The molecule has 3 rings (SSSR count). The molecule has 0 saturated carbocycles. The molecule has 1 unspecified atom stereocenters. The number of nitrogens with zero attached hydrogens (tertiary/aromatic N) is 1. The lowest BCUT2D eigenvalue weighted by atomic mass is 9.98. The summed E-state index contributed by atoms with van der Waals surface area (Å²) in [6, 6.07) is 33.1. The Morgan fingerprint density at radius 2 is 1.13 bits per heavy atom. The molecule has 3 heteroatoms. The molecule has 3 aromatic rings. The third-order valence-corrected chi connectivity index (χ3v) is 5.74. The molecule has 0 heterocycles. The number of benzene rings is 3. The lowest BCUT2D eigenvalue weighted by Gasteiger charge is -2.32. The van der Waals surface area contributed by atoms with Crippen molar-refractivity contribution in [3.8, 4) is 0 Å². The molecule has 0 amide bonds. The molecule has 0 aliphatic rings. The first-order chi connectivity index (χ1) is 15.3. The third kappa shape index (κ3) is 8.66. The van der Waals surface area contributed by atoms with Crippen LogP contribution in [0, 0.1) is 0 Å². The molecule has 0 spiro atoms. The van der Waals surface area contributed by atoms with Crippen LogP contribution in [0.25, 0.3) is 0 Å². The highest BCUT2D eigenvalue weighted by Gasteiger charge is 2.19. The molecular weight excluding hydrogens is 378 g/mol. The minimum atomic E-state index is 0.485. The Labute approximate surface area is 188 Å². The van der Waals surface area contributed by atoms with Crippen LogP contribution < -0.4 is 11.1 Å². The quantitative estimate of drug-likeness (QED) is 0.363. The van der Waals surface area contributed by atoms with Gasteiger partial charge in [-0.05, 0) is 62.0 Å². The summed E-state index contributed by atoms with van der Waals surface area (Å²) in [4.78, 5) is 2.66. The van der Waals surface area contributed by atoms with E-state index in [9.17, 15) is 0 Å². The van der Waals surface area contributed by atoms with Gasteiger partial charge in [0.05, 0.1) is 0 Å². The van der Waals surface area contributed by atoms with Crippen molar-refractivity contribution in [2.24, 2.45) is 5.73 Å². The van der Waals surface area contributed by atoms with Gasteiger partial charge in [-0.15, -0.1) is 0 Å². The first-order valence-corrected chi connectivity index (χ1v) is 11.6. The summed E-state index contributed by atoms with van der Waals surface area (Å²) >= 11 is 0. The van der Waals surface area contributed by atoms with Crippen molar-refractivity contribution in [1.82, 2.24) is 10.2 Å². The van der Waals surface area contributed by atoms with Gasteiger partial charge < -0.3 is 11.1 Å². The van der Waals surface area contributed by atoms with Gasteiger partial charge in [-0.1, -0.05) is 91.0 Å². The standard InChI is InChI=1S/C28H37N3/c29-19-11-21-30-20-10-18-28(22-25-12-4-1-5-13-25)31(23-26-14-6-2-7-15-26)24-27-16-8-3-9-17-27/h1-9,12-17,28,30H,10-11,18-24,29H2. The summed E-state index contributed by atoms with van der Waals surface area (Å²) in [6.07, 6.45) is 4.46. The predicted octanol–water partition coefficient (Wildman–Crippen LogP) is 5.02. The van der Waals surface area contributed by atoms with Crippen LogP contribution in [-0.2, 0) is 19.5 Å². The van der Waals surface area contributed by atoms with Crippen LogP contribution in [0.5, 0.6) is 0 Å². The van der Waals surface area contributed by atoms with Crippen LogP contribution in [0.4, 0.5) is 0 Å². The van der Waals surface area contributed by atoms with Crippen molar-refractivity contribution in [2.75, 3.05) is 19.6 Å². The highest BCUT2D eigenvalue weighted by Crippen LogP contribution is 2.20. The predicted molar refractivity (Wildman–Crippen MR) is 132 cm³/mol. The van der Waals surface area contributed by atoms with Crippen molar-refractivity contribution >= 4 is 0 Å². The molecule has 1 atom stereocenters. The van der Waals surface area contributed by atoms with Gasteiger partial charge in [0.15, 0.2) is 0 Å². The lowest BCUT2D eigenvalue weighted by Crippen LogP contribution is -2.36. The number of nitrogens with one attached hydrogen (secondary N) is 1. The molecule has 0 bridgehead atoms. The minimum absolute atomic E-state index is 0.485. The topological polar surface area (TPSA) is 41.3 Å². The second kappa shape index (κ2) is 13.8. The van der Waals surface area contributed by atoms with E-state index >= 15 is 0 Å². The van der Waals surface area contributed by atoms with E-state index in [0.29, 0.717) is 6.04 Å². The van der Waals surface area contributed by atoms with Gasteiger partial charge in [0.2, 0.25) is 0 Å². The molecule has 0 aliphatic heterocycles. The van der Waals surface area contributed by atoms with Gasteiger partial charge in [0.1, 0.15) is 0 Å². The molecule has 164 valence electrons. The largest absolute Gasteiger partial charge is 0.330 e. The van der Waals surface area contributed by atoms with E-state index < -0.39 is 0 Å². The minimum Gasteiger partial charge on any atom is -0.330 e. The molecule has 3 nitrogen and oxygen atoms in total. The highest BCUT2D eigenvalue weighted by molar-refractivity contribution is 5.19. The second-order valence-corrected chi connectivity index (χ2v) is 8.25. The summed E-state index contributed by atoms with van der Waals surface area (Å²) < 4.78 is 0. The van der Waals surface area contributed by atoms with Gasteiger partial charge >= 0.3 is 0 Å². The van der Waals surface area contributed by atoms with Crippen molar-refractivity contribution in [1.29, 1.82) is 0 Å². The van der Waals surface area contributed by atoms with Crippen molar-refractivity contribution in [3.05, 3.63) is 108 Å². The Bertz CT molecular complexity index is 779. The van der Waals surface area contributed by atoms with E-state index in [1.807, 2.05) is 0 Å². The highest BCUT2D eigenvalue weighted by atomic mass is 15.2. The lowest BCUT2D eigenvalue weighted by molar-refractivity contribution is 0.165. The molecule has 0 aromatic heterocycles. The zero-order chi connectivity index (χ0) is 21.6. The van der Waals surface area contributed by atoms with Crippen molar-refractivity contribution in [2.45, 2.75) is 44.8 Å². The fraction of sp³-hybridized carbons (Fsp3) is 0.357. The van der Waals surface area contributed by atoms with Crippen LogP contribution in [0.2, 0.25) is 0 Å². The van der Waals surface area contributed by atoms with Crippen molar-refractivity contribution in [3.63, 3.8) is 0 Å². The molecule has 0 aliphatic carbocycles. The molecule has 3 N–H and O–H groups in total. The summed E-state index contributed by atoms with van der Waals surface area (Å²) in [5.41, 5.74) is 9.77. The Balaban J connectivity index is 1.74. The second-order valence-electron chi connectivity index (χ2n) is 8.25. The third-order valence-electron chi connectivity index (χ3n) is 5.74. The van der Waals surface area contributed by atoms with Crippen LogP contribution in [0.3, 0.4) is 0 Å². The molecule has 3 aromatic carbocycles. The van der Waals surface area contributed by atoms with E-state index in [-0.39, 0.29) is 0 Å². The maximum atomic E-state index is 5.62. The molecule has 0 radical (unpaired) electrons. The molecule has 0 saturated heterocycles. The fourth-order valence-electron chi connectivity index (χ4n) is 4.06. The van der Waals surface area contributed by atoms with Crippen molar-refractivity contribution < 1.29 is 0 Å². The van der Waals surface area contributed by atoms with E-state index in [0.717, 1.165) is 45.6 Å². The summed E-state index contributed by atoms with van der Waals surface area (Å²) in [5.74, 6) is 0. The maximum absolute atomic E-state index is 5.62. The summed E-state index contributed by atoms with van der Waals surface area (Å²) in [7, 11) is 0.